The van der Waals surface area contributed by atoms with Crippen LogP contribution in [0.1, 0.15) is 51.5 Å². The summed E-state index contributed by atoms with van der Waals surface area (Å²) < 4.78 is 12.8. The van der Waals surface area contributed by atoms with Crippen molar-refractivity contribution in [1.29, 1.82) is 0 Å². The van der Waals surface area contributed by atoms with Gasteiger partial charge in [-0.2, -0.15) is 0 Å². The fraction of sp³-hybridized carbons (Fsp3) is 0.923. The molecule has 1 aliphatic heterocycles. The first-order valence-electron chi connectivity index (χ1n) is 7.17. The minimum Gasteiger partial charge on any atom is -0.383 e. The predicted molar refractivity (Wildman–Crippen MR) is 74.4 cm³/mol. The summed E-state index contributed by atoms with van der Waals surface area (Å²) in [5, 5.41) is 15.6. The molecule has 0 aromatic carbocycles. The zero-order valence-electron chi connectivity index (χ0n) is 12.8. The molecule has 0 amide bonds. The van der Waals surface area contributed by atoms with Crippen LogP contribution in [0.4, 0.5) is 0 Å². The molecular formula is C13H25N5O2. The molecule has 1 aromatic heterocycles. The number of hydrogen-bond donors (Lipinski definition) is 1. The van der Waals surface area contributed by atoms with Gasteiger partial charge < -0.3 is 14.8 Å². The minimum atomic E-state index is -0.112. The Hall–Kier alpha value is -1.05. The van der Waals surface area contributed by atoms with E-state index >= 15 is 0 Å². The monoisotopic (exact) mass is 283 g/mol. The van der Waals surface area contributed by atoms with Gasteiger partial charge in [0.05, 0.1) is 24.3 Å². The number of methoxy groups -OCH3 is 1. The van der Waals surface area contributed by atoms with Gasteiger partial charge in [0.1, 0.15) is 0 Å². The van der Waals surface area contributed by atoms with E-state index in [-0.39, 0.29) is 11.6 Å². The first-order valence-corrected chi connectivity index (χ1v) is 7.17. The Bertz CT molecular complexity index is 421. The van der Waals surface area contributed by atoms with Gasteiger partial charge in [-0.05, 0) is 44.0 Å². The number of nitrogens with zero attached hydrogens (tertiary/aromatic N) is 4. The molecule has 0 bridgehead atoms. The molecule has 1 aromatic rings. The van der Waals surface area contributed by atoms with E-state index in [0.717, 1.165) is 31.8 Å². The van der Waals surface area contributed by atoms with Gasteiger partial charge in [-0.1, -0.05) is 0 Å². The maximum atomic E-state index is 5.76. The van der Waals surface area contributed by atoms with E-state index < -0.39 is 0 Å². The van der Waals surface area contributed by atoms with E-state index in [0.29, 0.717) is 12.6 Å². The summed E-state index contributed by atoms with van der Waals surface area (Å²) in [4.78, 5) is 0. The zero-order valence-corrected chi connectivity index (χ0v) is 12.8. The molecule has 2 heterocycles. The highest BCUT2D eigenvalue weighted by Crippen LogP contribution is 2.32. The molecule has 7 nitrogen and oxygen atoms in total. The molecule has 2 atom stereocenters. The topological polar surface area (TPSA) is 74.1 Å². The molecular weight excluding hydrogens is 258 g/mol. The van der Waals surface area contributed by atoms with Crippen LogP contribution in [0.25, 0.3) is 0 Å². The quantitative estimate of drug-likeness (QED) is 0.788. The van der Waals surface area contributed by atoms with Crippen molar-refractivity contribution in [3.63, 3.8) is 0 Å². The highest BCUT2D eigenvalue weighted by atomic mass is 16.5. The fourth-order valence-electron chi connectivity index (χ4n) is 2.62. The van der Waals surface area contributed by atoms with Crippen molar-refractivity contribution in [1.82, 2.24) is 25.5 Å². The molecule has 0 radical (unpaired) electrons. The Morgan fingerprint density at radius 2 is 2.35 bits per heavy atom. The fourth-order valence-corrected chi connectivity index (χ4v) is 2.62. The van der Waals surface area contributed by atoms with Crippen LogP contribution in [-0.2, 0) is 9.47 Å². The second-order valence-electron chi connectivity index (χ2n) is 5.91. The van der Waals surface area contributed by atoms with E-state index in [1.165, 1.54) is 0 Å². The van der Waals surface area contributed by atoms with Crippen LogP contribution >= 0.6 is 0 Å². The Labute approximate surface area is 120 Å². The zero-order chi connectivity index (χ0) is 14.6. The minimum absolute atomic E-state index is 0.103. The highest BCUT2D eigenvalue weighted by molar-refractivity contribution is 4.94. The molecule has 7 heteroatoms. The Balaban J connectivity index is 2.04. The maximum Gasteiger partial charge on any atom is 0.168 e. The third-order valence-corrected chi connectivity index (χ3v) is 3.68. The summed E-state index contributed by atoms with van der Waals surface area (Å²) in [6.07, 6.45) is 1.88. The molecule has 2 rings (SSSR count). The van der Waals surface area contributed by atoms with Crippen molar-refractivity contribution in [3.8, 4) is 0 Å². The Morgan fingerprint density at radius 1 is 1.55 bits per heavy atom. The van der Waals surface area contributed by atoms with Crippen LogP contribution in [0.5, 0.6) is 0 Å². The number of rotatable bonds is 6. The van der Waals surface area contributed by atoms with Gasteiger partial charge in [0.2, 0.25) is 0 Å². The number of hydrogen-bond acceptors (Lipinski definition) is 6. The van der Waals surface area contributed by atoms with Gasteiger partial charge in [0.25, 0.3) is 0 Å². The molecule has 0 saturated carbocycles. The van der Waals surface area contributed by atoms with E-state index in [9.17, 15) is 0 Å². The Morgan fingerprint density at radius 3 is 3.05 bits per heavy atom. The number of nitrogens with one attached hydrogen (secondary N) is 1. The van der Waals surface area contributed by atoms with Crippen LogP contribution < -0.4 is 5.32 Å². The lowest BCUT2D eigenvalue weighted by Crippen LogP contribution is -2.36. The second kappa shape index (κ2) is 6.60. The standard InChI is InChI=1S/C13H25N5O2/c1-10(14-6-8-19-4)12-15-16-17-18(12)11-5-7-20-13(2,3)9-11/h10-11,14H,5-9H2,1-4H3. The van der Waals surface area contributed by atoms with Crippen molar-refractivity contribution in [2.45, 2.75) is 51.3 Å². The lowest BCUT2D eigenvalue weighted by Gasteiger charge is -2.35. The summed E-state index contributed by atoms with van der Waals surface area (Å²) >= 11 is 0. The SMILES string of the molecule is COCCNC(C)c1nnnn1C1CCOC(C)(C)C1. The molecule has 20 heavy (non-hydrogen) atoms. The number of aromatic nitrogens is 4. The molecule has 1 fully saturated rings. The van der Waals surface area contributed by atoms with Crippen LogP contribution in [-0.4, -0.2) is 52.7 Å². The predicted octanol–water partition coefficient (Wildman–Crippen LogP) is 1.10. The van der Waals surface area contributed by atoms with Crippen molar-refractivity contribution in [2.24, 2.45) is 0 Å². The first kappa shape index (κ1) is 15.3. The maximum absolute atomic E-state index is 5.76. The third-order valence-electron chi connectivity index (χ3n) is 3.68. The van der Waals surface area contributed by atoms with Crippen LogP contribution in [0, 0.1) is 0 Å². The van der Waals surface area contributed by atoms with Crippen LogP contribution in [0.15, 0.2) is 0 Å². The third kappa shape index (κ3) is 3.74. The largest absolute Gasteiger partial charge is 0.383 e. The lowest BCUT2D eigenvalue weighted by atomic mass is 9.94. The van der Waals surface area contributed by atoms with Gasteiger partial charge in [0.15, 0.2) is 5.82 Å². The molecule has 2 unspecified atom stereocenters. The first-order chi connectivity index (χ1) is 9.53. The highest BCUT2D eigenvalue weighted by Gasteiger charge is 2.32. The van der Waals surface area contributed by atoms with Gasteiger partial charge in [0, 0.05) is 20.3 Å². The van der Waals surface area contributed by atoms with Gasteiger partial charge in [-0.3, -0.25) is 0 Å². The summed E-state index contributed by atoms with van der Waals surface area (Å²) in [7, 11) is 1.69. The summed E-state index contributed by atoms with van der Waals surface area (Å²) in [5.41, 5.74) is -0.112. The lowest BCUT2D eigenvalue weighted by molar-refractivity contribution is -0.0715. The molecule has 1 saturated heterocycles. The molecule has 1 N–H and O–H groups in total. The van der Waals surface area contributed by atoms with Crippen molar-refractivity contribution < 1.29 is 9.47 Å². The average Bonchev–Trinajstić information content (AvgIpc) is 2.87. The summed E-state index contributed by atoms with van der Waals surface area (Å²) in [6.45, 7) is 8.51. The van der Waals surface area contributed by atoms with E-state index in [2.05, 4.69) is 41.6 Å². The molecule has 0 aliphatic carbocycles. The molecule has 1 aliphatic rings. The smallest absolute Gasteiger partial charge is 0.168 e. The van der Waals surface area contributed by atoms with Crippen molar-refractivity contribution >= 4 is 0 Å². The average molecular weight is 283 g/mol. The Kier molecular flexibility index (Phi) is 5.06. The second-order valence-corrected chi connectivity index (χ2v) is 5.91. The number of tetrazole rings is 1. The molecule has 114 valence electrons. The van der Waals surface area contributed by atoms with Crippen LogP contribution in [0.3, 0.4) is 0 Å². The molecule has 0 spiro atoms. The number of ether oxygens (including phenoxy) is 2. The van der Waals surface area contributed by atoms with Gasteiger partial charge >= 0.3 is 0 Å². The van der Waals surface area contributed by atoms with E-state index in [1.807, 2.05) is 4.68 Å². The van der Waals surface area contributed by atoms with E-state index in [1.54, 1.807) is 7.11 Å². The van der Waals surface area contributed by atoms with Crippen LogP contribution in [0.2, 0.25) is 0 Å². The van der Waals surface area contributed by atoms with Crippen molar-refractivity contribution in [3.05, 3.63) is 5.82 Å². The van der Waals surface area contributed by atoms with Gasteiger partial charge in [-0.15, -0.1) is 5.10 Å². The summed E-state index contributed by atoms with van der Waals surface area (Å²) in [6, 6.07) is 0.404. The summed E-state index contributed by atoms with van der Waals surface area (Å²) in [5.74, 6) is 0.879. The van der Waals surface area contributed by atoms with Gasteiger partial charge in [-0.25, -0.2) is 4.68 Å². The normalized spacial score (nSPS) is 23.7. The van der Waals surface area contributed by atoms with Crippen molar-refractivity contribution in [2.75, 3.05) is 26.9 Å². The van der Waals surface area contributed by atoms with E-state index in [4.69, 9.17) is 9.47 Å².